The van der Waals surface area contributed by atoms with Crippen LogP contribution < -0.4 is 11.1 Å². The molecule has 4 atom stereocenters. The van der Waals surface area contributed by atoms with Gasteiger partial charge in [0.05, 0.1) is 18.7 Å². The molecule has 2 unspecified atom stereocenters. The minimum Gasteiger partial charge on any atom is -0.659 e. The van der Waals surface area contributed by atoms with Crippen LogP contribution in [0.5, 0.6) is 0 Å². The maximum Gasteiger partial charge on any atom is 0.332 e. The molecule has 0 aromatic heterocycles. The molecule has 1 radical (unpaired) electrons. The van der Waals surface area contributed by atoms with Crippen LogP contribution in [0.2, 0.25) is 0 Å². The number of hydrogen-bond donors (Lipinski definition) is 2. The molecule has 29 heavy (non-hydrogen) atoms. The van der Waals surface area contributed by atoms with Crippen molar-refractivity contribution in [2.75, 3.05) is 26.2 Å². The minimum atomic E-state index is -1.03. The number of carbonyl (C=O) groups excluding carboxylic acids is 3. The molecule has 2 aliphatic heterocycles. The molecule has 0 bridgehead atoms. The van der Waals surface area contributed by atoms with Crippen molar-refractivity contribution in [3.63, 3.8) is 0 Å². The maximum atomic E-state index is 13.1. The number of esters is 1. The Kier molecular flexibility index (Phi) is 9.26. The summed E-state index contributed by atoms with van der Waals surface area (Å²) in [4.78, 5) is 40.0. The Morgan fingerprint density at radius 3 is 2.93 bits per heavy atom. The van der Waals surface area contributed by atoms with Gasteiger partial charge >= 0.3 is 5.97 Å². The fourth-order valence-electron chi connectivity index (χ4n) is 4.05. The van der Waals surface area contributed by atoms with Gasteiger partial charge in [-0.1, -0.05) is 25.0 Å². The Morgan fingerprint density at radius 1 is 1.38 bits per heavy atom. The zero-order valence-electron chi connectivity index (χ0n) is 17.1. The van der Waals surface area contributed by atoms with Crippen molar-refractivity contribution in [1.82, 2.24) is 10.2 Å². The van der Waals surface area contributed by atoms with Crippen LogP contribution in [0, 0.1) is 5.92 Å². The molecule has 1 aliphatic carbocycles. The van der Waals surface area contributed by atoms with Gasteiger partial charge in [0.1, 0.15) is 5.54 Å². The Hall–Kier alpha value is -0.826. The van der Waals surface area contributed by atoms with Crippen molar-refractivity contribution in [2.24, 2.45) is 11.7 Å². The monoisotopic (exact) mass is 480 g/mol. The zero-order valence-corrected chi connectivity index (χ0v) is 20.0. The van der Waals surface area contributed by atoms with Crippen LogP contribution in [0.3, 0.4) is 0 Å². The molecule has 0 aromatic carbocycles. The molecule has 8 nitrogen and oxygen atoms in total. The molecule has 3 aliphatic rings. The first-order valence-electron chi connectivity index (χ1n) is 10.3. The smallest absolute Gasteiger partial charge is 0.332 e. The maximum absolute atomic E-state index is 13.1. The number of hydrogen-bond acceptors (Lipinski definition) is 5. The van der Waals surface area contributed by atoms with E-state index in [4.69, 9.17) is 10.5 Å². The Labute approximate surface area is 197 Å². The van der Waals surface area contributed by atoms with Gasteiger partial charge in [0.2, 0.25) is 11.8 Å². The van der Waals surface area contributed by atoms with Crippen molar-refractivity contribution >= 4 is 17.8 Å². The average molecular weight is 480 g/mol. The van der Waals surface area contributed by atoms with Crippen molar-refractivity contribution in [3.05, 3.63) is 17.5 Å². The molecule has 9 heteroatoms. The van der Waals surface area contributed by atoms with Gasteiger partial charge in [-0.3, -0.25) is 9.59 Å². The van der Waals surface area contributed by atoms with E-state index in [0.29, 0.717) is 25.9 Å². The van der Waals surface area contributed by atoms with Gasteiger partial charge < -0.3 is 26.0 Å². The van der Waals surface area contributed by atoms with E-state index in [1.807, 2.05) is 6.08 Å². The molecule has 2 fully saturated rings. The molecule has 159 valence electrons. The summed E-state index contributed by atoms with van der Waals surface area (Å²) in [6.45, 7) is 3.10. The number of nitrogens with two attached hydrogens (primary N) is 1. The fraction of sp³-hybridized carbons (Fsp3) is 0.750. The third-order valence-electron chi connectivity index (χ3n) is 5.84. The van der Waals surface area contributed by atoms with Crippen molar-refractivity contribution < 1.29 is 51.8 Å². The topological polar surface area (TPSA) is 116 Å². The van der Waals surface area contributed by atoms with Crippen LogP contribution in [0.15, 0.2) is 12.2 Å². The third kappa shape index (κ3) is 5.66. The van der Waals surface area contributed by atoms with E-state index in [2.05, 4.69) is 16.7 Å². The number of piperazine rings is 1. The van der Waals surface area contributed by atoms with E-state index < -0.39 is 23.6 Å². The second-order valence-corrected chi connectivity index (χ2v) is 7.84. The van der Waals surface area contributed by atoms with Gasteiger partial charge in [0.15, 0.2) is 0 Å². The SMILES string of the molecule is CCOC(=O)[C@@]12CC1/C=C\CCCCC[C@H](N)C(=O)N1CC[N-]CC1C(=O)N2.[Y]. The van der Waals surface area contributed by atoms with Gasteiger partial charge in [-0.25, -0.2) is 4.79 Å². The number of ether oxygens (including phenoxy) is 1. The minimum absolute atomic E-state index is 0. The molecular weight excluding hydrogens is 449 g/mol. The van der Waals surface area contributed by atoms with Crippen molar-refractivity contribution in [2.45, 2.75) is 63.1 Å². The largest absolute Gasteiger partial charge is 0.659 e. The first-order chi connectivity index (χ1) is 13.5. The molecule has 2 amide bonds. The van der Waals surface area contributed by atoms with E-state index >= 15 is 0 Å². The number of amides is 2. The summed E-state index contributed by atoms with van der Waals surface area (Å²) in [5.41, 5.74) is 5.09. The molecular formula is C20H31N4O4Y-. The summed E-state index contributed by atoms with van der Waals surface area (Å²) in [6, 6.07) is -1.34. The number of nitrogens with one attached hydrogen (secondary N) is 1. The Balaban J connectivity index is 0.00000300. The normalized spacial score (nSPS) is 34.3. The molecule has 2 heterocycles. The van der Waals surface area contributed by atoms with Crippen LogP contribution in [0.25, 0.3) is 5.32 Å². The van der Waals surface area contributed by atoms with E-state index in [0.717, 1.165) is 25.7 Å². The van der Waals surface area contributed by atoms with Gasteiger partial charge in [0.25, 0.3) is 0 Å². The summed E-state index contributed by atoms with van der Waals surface area (Å²) < 4.78 is 5.23. The van der Waals surface area contributed by atoms with Crippen molar-refractivity contribution in [1.29, 1.82) is 0 Å². The number of carbonyl (C=O) groups is 3. The van der Waals surface area contributed by atoms with E-state index in [9.17, 15) is 14.4 Å². The van der Waals surface area contributed by atoms with Crippen LogP contribution in [0.1, 0.15) is 45.4 Å². The van der Waals surface area contributed by atoms with E-state index in [1.54, 1.807) is 11.8 Å². The number of allylic oxidation sites excluding steroid dienone is 1. The zero-order chi connectivity index (χ0) is 20.1. The van der Waals surface area contributed by atoms with Crippen LogP contribution in [-0.2, 0) is 51.8 Å². The first-order valence-corrected chi connectivity index (χ1v) is 10.3. The summed E-state index contributed by atoms with van der Waals surface area (Å²) in [6.07, 6.45) is 9.00. The molecule has 0 spiro atoms. The fourth-order valence-corrected chi connectivity index (χ4v) is 4.05. The molecule has 3 rings (SSSR count). The average Bonchev–Trinajstić information content (AvgIpc) is 3.39. The quantitative estimate of drug-likeness (QED) is 0.449. The molecule has 1 saturated carbocycles. The Morgan fingerprint density at radius 2 is 2.17 bits per heavy atom. The van der Waals surface area contributed by atoms with Gasteiger partial charge in [-0.05, 0) is 32.6 Å². The van der Waals surface area contributed by atoms with Crippen LogP contribution >= 0.6 is 0 Å². The van der Waals surface area contributed by atoms with Crippen LogP contribution in [0.4, 0.5) is 0 Å². The standard InChI is InChI=1S/C20H31N4O4.Y/c1-2-28-19(27)20-12-14(20)8-6-4-3-5-7-9-15(21)18(26)24-11-10-22-13-16(24)17(25)23-20;/h6,8,14-16H,2-5,7,9-13,21H2,1H3,(H,23,25);/q-1;/b8-6-;/t14?,15-,16?,20+;/m0./s1. The predicted octanol–water partition coefficient (Wildman–Crippen LogP) is 0.854. The van der Waals surface area contributed by atoms with E-state index in [1.165, 1.54) is 0 Å². The van der Waals surface area contributed by atoms with Gasteiger partial charge in [0, 0.05) is 45.2 Å². The number of rotatable bonds is 2. The predicted molar refractivity (Wildman–Crippen MR) is 104 cm³/mol. The second kappa shape index (κ2) is 11.0. The summed E-state index contributed by atoms with van der Waals surface area (Å²) in [5.74, 6) is -1.05. The Bertz CT molecular complexity index is 644. The summed E-state index contributed by atoms with van der Waals surface area (Å²) in [5, 5.41) is 7.20. The molecule has 0 aromatic rings. The first kappa shape index (κ1) is 24.4. The van der Waals surface area contributed by atoms with Crippen LogP contribution in [-0.4, -0.2) is 66.5 Å². The summed E-state index contributed by atoms with van der Waals surface area (Å²) >= 11 is 0. The van der Waals surface area contributed by atoms with Gasteiger partial charge in [-0.2, -0.15) is 0 Å². The number of fused-ring (bicyclic) bond motifs is 2. The third-order valence-corrected chi connectivity index (χ3v) is 5.84. The van der Waals surface area contributed by atoms with E-state index in [-0.39, 0.29) is 63.6 Å². The second-order valence-electron chi connectivity index (χ2n) is 7.84. The van der Waals surface area contributed by atoms with Crippen molar-refractivity contribution in [3.8, 4) is 0 Å². The molecule has 3 N–H and O–H groups in total. The molecule has 1 saturated heterocycles. The van der Waals surface area contributed by atoms with Gasteiger partial charge in [-0.15, -0.1) is 13.1 Å². The summed E-state index contributed by atoms with van der Waals surface area (Å²) in [7, 11) is 0. The number of nitrogens with zero attached hydrogens (tertiary/aromatic N) is 2.